The van der Waals surface area contributed by atoms with Crippen LogP contribution in [0.4, 0.5) is 4.39 Å². The Kier molecular flexibility index (Phi) is 3.19. The van der Waals surface area contributed by atoms with Crippen LogP contribution in [0.5, 0.6) is 0 Å². The van der Waals surface area contributed by atoms with Crippen molar-refractivity contribution in [2.24, 2.45) is 0 Å². The lowest BCUT2D eigenvalue weighted by Gasteiger charge is -2.09. The topological polar surface area (TPSA) is 20.2 Å². The van der Waals surface area contributed by atoms with Crippen molar-refractivity contribution in [3.63, 3.8) is 0 Å². The van der Waals surface area contributed by atoms with Crippen molar-refractivity contribution in [2.75, 3.05) is 0 Å². The van der Waals surface area contributed by atoms with E-state index in [2.05, 4.69) is 15.9 Å². The minimum Gasteiger partial charge on any atom is -0.383 e. The maximum absolute atomic E-state index is 12.7. The van der Waals surface area contributed by atoms with E-state index in [1.54, 1.807) is 12.1 Å². The van der Waals surface area contributed by atoms with E-state index in [1.807, 2.05) is 11.4 Å². The van der Waals surface area contributed by atoms with Gasteiger partial charge in [-0.15, -0.1) is 11.3 Å². The van der Waals surface area contributed by atoms with E-state index >= 15 is 0 Å². The zero-order valence-corrected chi connectivity index (χ0v) is 10.1. The molecule has 2 aromatic rings. The summed E-state index contributed by atoms with van der Waals surface area (Å²) >= 11 is 4.82. The fraction of sp³-hybridized carbons (Fsp3) is 0.0909. The lowest BCUT2D eigenvalue weighted by atomic mass is 10.1. The highest BCUT2D eigenvalue weighted by molar-refractivity contribution is 9.10. The quantitative estimate of drug-likeness (QED) is 0.892. The van der Waals surface area contributed by atoms with Crippen LogP contribution in [-0.2, 0) is 0 Å². The molecule has 1 nitrogen and oxygen atoms in total. The van der Waals surface area contributed by atoms with Gasteiger partial charge in [0.1, 0.15) is 11.9 Å². The third kappa shape index (κ3) is 2.27. The summed E-state index contributed by atoms with van der Waals surface area (Å²) in [4.78, 5) is 0.835. The molecule has 78 valence electrons. The molecule has 0 amide bonds. The van der Waals surface area contributed by atoms with Crippen LogP contribution in [0.15, 0.2) is 40.2 Å². The van der Waals surface area contributed by atoms with Gasteiger partial charge in [-0.25, -0.2) is 4.39 Å². The minimum atomic E-state index is -0.694. The summed E-state index contributed by atoms with van der Waals surface area (Å²) < 4.78 is 13.6. The van der Waals surface area contributed by atoms with Gasteiger partial charge in [-0.1, -0.05) is 12.1 Å². The Hall–Kier alpha value is -0.710. The molecule has 1 unspecified atom stereocenters. The van der Waals surface area contributed by atoms with Crippen molar-refractivity contribution in [2.45, 2.75) is 6.10 Å². The average Bonchev–Trinajstić information content (AvgIpc) is 2.65. The molecule has 0 aliphatic rings. The molecule has 1 aromatic carbocycles. The van der Waals surface area contributed by atoms with Crippen molar-refractivity contribution in [1.29, 1.82) is 0 Å². The first-order valence-corrected chi connectivity index (χ1v) is 6.02. The zero-order chi connectivity index (χ0) is 10.8. The fourth-order valence-electron chi connectivity index (χ4n) is 1.30. The summed E-state index contributed by atoms with van der Waals surface area (Å²) in [7, 11) is 0. The molecule has 0 aliphatic heterocycles. The molecule has 15 heavy (non-hydrogen) atoms. The second kappa shape index (κ2) is 4.43. The summed E-state index contributed by atoms with van der Waals surface area (Å²) in [5.74, 6) is -0.295. The van der Waals surface area contributed by atoms with Gasteiger partial charge >= 0.3 is 0 Å². The Bertz CT molecular complexity index is 452. The van der Waals surface area contributed by atoms with Crippen LogP contribution in [0, 0.1) is 5.82 Å². The molecule has 0 radical (unpaired) electrons. The lowest BCUT2D eigenvalue weighted by molar-refractivity contribution is 0.223. The largest absolute Gasteiger partial charge is 0.383 e. The van der Waals surface area contributed by atoms with Crippen LogP contribution in [-0.4, -0.2) is 5.11 Å². The summed E-state index contributed by atoms with van der Waals surface area (Å²) in [6.45, 7) is 0. The number of aliphatic hydroxyl groups excluding tert-OH is 1. The Morgan fingerprint density at radius 1 is 1.20 bits per heavy atom. The average molecular weight is 287 g/mol. The van der Waals surface area contributed by atoms with Crippen molar-refractivity contribution in [3.8, 4) is 0 Å². The number of thiophene rings is 1. The number of rotatable bonds is 2. The van der Waals surface area contributed by atoms with Crippen LogP contribution >= 0.6 is 27.3 Å². The maximum atomic E-state index is 12.7. The first kappa shape index (κ1) is 10.8. The van der Waals surface area contributed by atoms with E-state index in [9.17, 15) is 9.50 Å². The monoisotopic (exact) mass is 286 g/mol. The van der Waals surface area contributed by atoms with Crippen LogP contribution < -0.4 is 0 Å². The summed E-state index contributed by atoms with van der Waals surface area (Å²) in [6, 6.07) is 7.76. The number of hydrogen-bond donors (Lipinski definition) is 1. The van der Waals surface area contributed by atoms with Gasteiger partial charge < -0.3 is 5.11 Å². The molecule has 0 saturated carbocycles. The van der Waals surface area contributed by atoms with Crippen molar-refractivity contribution in [3.05, 3.63) is 56.4 Å². The van der Waals surface area contributed by atoms with Gasteiger partial charge in [0.05, 0.1) is 4.88 Å². The fourth-order valence-corrected chi connectivity index (χ4v) is 2.90. The van der Waals surface area contributed by atoms with Crippen LogP contribution in [0.3, 0.4) is 0 Å². The Labute approximate surface area is 99.3 Å². The predicted molar refractivity (Wildman–Crippen MR) is 62.5 cm³/mol. The van der Waals surface area contributed by atoms with Gasteiger partial charge in [0, 0.05) is 4.47 Å². The molecule has 0 aliphatic carbocycles. The molecule has 0 fully saturated rings. The van der Waals surface area contributed by atoms with Crippen LogP contribution in [0.2, 0.25) is 0 Å². The summed E-state index contributed by atoms with van der Waals surface area (Å²) in [5, 5.41) is 11.9. The molecule has 4 heteroatoms. The van der Waals surface area contributed by atoms with E-state index in [0.29, 0.717) is 5.56 Å². The van der Waals surface area contributed by atoms with Crippen LogP contribution in [0.25, 0.3) is 0 Å². The van der Waals surface area contributed by atoms with E-state index in [0.717, 1.165) is 9.35 Å². The lowest BCUT2D eigenvalue weighted by Crippen LogP contribution is -1.97. The third-order valence-electron chi connectivity index (χ3n) is 2.08. The highest BCUT2D eigenvalue weighted by Gasteiger charge is 2.14. The molecule has 0 saturated heterocycles. The standard InChI is InChI=1S/C11H8BrFOS/c12-9-5-6-15-11(9)10(14)7-1-3-8(13)4-2-7/h1-6,10,14H. The normalized spacial score (nSPS) is 12.7. The van der Waals surface area contributed by atoms with Gasteiger partial charge in [0.25, 0.3) is 0 Å². The van der Waals surface area contributed by atoms with E-state index in [1.165, 1.54) is 23.5 Å². The number of benzene rings is 1. The molecule has 1 N–H and O–H groups in total. The first-order valence-electron chi connectivity index (χ1n) is 4.35. The Morgan fingerprint density at radius 3 is 2.40 bits per heavy atom. The van der Waals surface area contributed by atoms with Gasteiger partial charge in [-0.3, -0.25) is 0 Å². The van der Waals surface area contributed by atoms with Gasteiger partial charge in [-0.05, 0) is 45.1 Å². The van der Waals surface area contributed by atoms with Crippen LogP contribution in [0.1, 0.15) is 16.5 Å². The minimum absolute atomic E-state index is 0.295. The SMILES string of the molecule is OC(c1ccc(F)cc1)c1sccc1Br. The van der Waals surface area contributed by atoms with Crippen molar-refractivity contribution < 1.29 is 9.50 Å². The van der Waals surface area contributed by atoms with E-state index in [-0.39, 0.29) is 5.82 Å². The molecular formula is C11H8BrFOS. The number of halogens is 2. The van der Waals surface area contributed by atoms with Gasteiger partial charge in [-0.2, -0.15) is 0 Å². The maximum Gasteiger partial charge on any atom is 0.123 e. The van der Waals surface area contributed by atoms with E-state index in [4.69, 9.17) is 0 Å². The molecule has 1 aromatic heterocycles. The first-order chi connectivity index (χ1) is 7.18. The van der Waals surface area contributed by atoms with E-state index < -0.39 is 6.10 Å². The predicted octanol–water partition coefficient (Wildman–Crippen LogP) is 3.73. The van der Waals surface area contributed by atoms with Gasteiger partial charge in [0.15, 0.2) is 0 Å². The molecular weight excluding hydrogens is 279 g/mol. The van der Waals surface area contributed by atoms with Gasteiger partial charge in [0.2, 0.25) is 0 Å². The number of hydrogen-bond acceptors (Lipinski definition) is 2. The highest BCUT2D eigenvalue weighted by atomic mass is 79.9. The Morgan fingerprint density at radius 2 is 1.87 bits per heavy atom. The second-order valence-electron chi connectivity index (χ2n) is 3.09. The van der Waals surface area contributed by atoms with Crippen molar-refractivity contribution in [1.82, 2.24) is 0 Å². The molecule has 1 atom stereocenters. The highest BCUT2D eigenvalue weighted by Crippen LogP contribution is 2.32. The zero-order valence-electron chi connectivity index (χ0n) is 7.65. The molecule has 0 bridgehead atoms. The molecule has 1 heterocycles. The Balaban J connectivity index is 2.32. The third-order valence-corrected chi connectivity index (χ3v) is 4.00. The second-order valence-corrected chi connectivity index (χ2v) is 4.89. The molecule has 2 rings (SSSR count). The summed E-state index contributed by atoms with van der Waals surface area (Å²) in [6.07, 6.45) is -0.694. The van der Waals surface area contributed by atoms with Crippen molar-refractivity contribution >= 4 is 27.3 Å². The summed E-state index contributed by atoms with van der Waals surface area (Å²) in [5.41, 5.74) is 0.694. The molecule has 0 spiro atoms. The number of aliphatic hydroxyl groups is 1. The smallest absolute Gasteiger partial charge is 0.123 e.